The standard InChI is InChI=1S/C12H27NO/c1-7-8-10(2)11(13-6)9-14-12(3,4)5/h10-11,13H,7-9H2,1-6H3. The maximum absolute atomic E-state index is 5.79. The Bertz CT molecular complexity index is 140. The topological polar surface area (TPSA) is 21.3 Å². The van der Waals surface area contributed by atoms with Gasteiger partial charge in [-0.2, -0.15) is 0 Å². The summed E-state index contributed by atoms with van der Waals surface area (Å²) in [5.41, 5.74) is -0.0268. The molecule has 0 aliphatic heterocycles. The van der Waals surface area contributed by atoms with E-state index in [0.29, 0.717) is 12.0 Å². The first kappa shape index (κ1) is 13.9. The zero-order valence-corrected chi connectivity index (χ0v) is 10.7. The number of likely N-dealkylation sites (N-methyl/N-ethyl adjacent to an activating group) is 1. The predicted octanol–water partition coefficient (Wildman–Crippen LogP) is 2.83. The van der Waals surface area contributed by atoms with Crippen LogP contribution in [0.1, 0.15) is 47.5 Å². The Morgan fingerprint density at radius 3 is 2.21 bits per heavy atom. The van der Waals surface area contributed by atoms with Gasteiger partial charge in [0.15, 0.2) is 0 Å². The summed E-state index contributed by atoms with van der Waals surface area (Å²) < 4.78 is 5.79. The number of nitrogens with one attached hydrogen (secondary N) is 1. The molecular weight excluding hydrogens is 174 g/mol. The molecule has 0 radical (unpaired) electrons. The molecule has 0 spiro atoms. The van der Waals surface area contributed by atoms with Gasteiger partial charge in [0.05, 0.1) is 12.2 Å². The molecule has 0 aromatic carbocycles. The molecule has 0 aliphatic carbocycles. The summed E-state index contributed by atoms with van der Waals surface area (Å²) in [7, 11) is 2.02. The maximum atomic E-state index is 5.79. The number of hydrogen-bond acceptors (Lipinski definition) is 2. The molecule has 0 heterocycles. The van der Waals surface area contributed by atoms with Crippen molar-refractivity contribution in [1.82, 2.24) is 5.32 Å². The SMILES string of the molecule is CCCC(C)C(COC(C)(C)C)NC. The Morgan fingerprint density at radius 2 is 1.86 bits per heavy atom. The van der Waals surface area contributed by atoms with Crippen LogP contribution in [0, 0.1) is 5.92 Å². The Morgan fingerprint density at radius 1 is 1.29 bits per heavy atom. The molecule has 0 rings (SSSR count). The lowest BCUT2D eigenvalue weighted by molar-refractivity contribution is -0.0206. The monoisotopic (exact) mass is 201 g/mol. The lowest BCUT2D eigenvalue weighted by atomic mass is 9.97. The lowest BCUT2D eigenvalue weighted by Crippen LogP contribution is -2.39. The van der Waals surface area contributed by atoms with Crippen molar-refractivity contribution in [3.05, 3.63) is 0 Å². The number of rotatable bonds is 6. The van der Waals surface area contributed by atoms with E-state index in [1.54, 1.807) is 0 Å². The summed E-state index contributed by atoms with van der Waals surface area (Å²) in [5.74, 6) is 0.687. The van der Waals surface area contributed by atoms with Gasteiger partial charge in [0, 0.05) is 6.04 Å². The van der Waals surface area contributed by atoms with Crippen LogP contribution in [-0.4, -0.2) is 25.3 Å². The van der Waals surface area contributed by atoms with Gasteiger partial charge in [-0.05, 0) is 40.2 Å². The van der Waals surface area contributed by atoms with E-state index >= 15 is 0 Å². The Kier molecular flexibility index (Phi) is 6.38. The van der Waals surface area contributed by atoms with Gasteiger partial charge in [-0.3, -0.25) is 0 Å². The smallest absolute Gasteiger partial charge is 0.0629 e. The largest absolute Gasteiger partial charge is 0.374 e. The summed E-state index contributed by atoms with van der Waals surface area (Å²) in [6.45, 7) is 11.6. The molecule has 0 aromatic heterocycles. The summed E-state index contributed by atoms with van der Waals surface area (Å²) in [4.78, 5) is 0. The molecular formula is C12H27NO. The van der Waals surface area contributed by atoms with Crippen molar-refractivity contribution in [2.75, 3.05) is 13.7 Å². The summed E-state index contributed by atoms with van der Waals surface area (Å²) in [6.07, 6.45) is 2.51. The Hall–Kier alpha value is -0.0800. The van der Waals surface area contributed by atoms with Crippen molar-refractivity contribution in [3.8, 4) is 0 Å². The van der Waals surface area contributed by atoms with Crippen molar-refractivity contribution in [1.29, 1.82) is 0 Å². The first-order chi connectivity index (χ1) is 6.40. The second-order valence-corrected chi connectivity index (χ2v) is 5.08. The van der Waals surface area contributed by atoms with Crippen LogP contribution in [0.4, 0.5) is 0 Å². The molecule has 1 N–H and O–H groups in total. The first-order valence-electron chi connectivity index (χ1n) is 5.72. The van der Waals surface area contributed by atoms with Crippen LogP contribution in [0.3, 0.4) is 0 Å². The van der Waals surface area contributed by atoms with Gasteiger partial charge in [0.25, 0.3) is 0 Å². The van der Waals surface area contributed by atoms with Crippen LogP contribution in [0.15, 0.2) is 0 Å². The molecule has 0 amide bonds. The average molecular weight is 201 g/mol. The van der Waals surface area contributed by atoms with Crippen LogP contribution in [0.25, 0.3) is 0 Å². The van der Waals surface area contributed by atoms with Crippen LogP contribution in [-0.2, 0) is 4.74 Å². The second-order valence-electron chi connectivity index (χ2n) is 5.08. The van der Waals surface area contributed by atoms with Gasteiger partial charge in [-0.25, -0.2) is 0 Å². The second kappa shape index (κ2) is 6.41. The molecule has 0 aliphatic rings. The molecule has 0 aromatic rings. The van der Waals surface area contributed by atoms with E-state index < -0.39 is 0 Å². The fraction of sp³-hybridized carbons (Fsp3) is 1.00. The van der Waals surface area contributed by atoms with E-state index in [2.05, 4.69) is 39.9 Å². The minimum Gasteiger partial charge on any atom is -0.374 e. The van der Waals surface area contributed by atoms with Gasteiger partial charge in [0.2, 0.25) is 0 Å². The zero-order chi connectivity index (χ0) is 11.2. The van der Waals surface area contributed by atoms with Gasteiger partial charge in [-0.15, -0.1) is 0 Å². The third-order valence-corrected chi connectivity index (χ3v) is 2.50. The van der Waals surface area contributed by atoms with E-state index in [1.165, 1.54) is 12.8 Å². The predicted molar refractivity (Wildman–Crippen MR) is 62.6 cm³/mol. The number of ether oxygens (including phenoxy) is 1. The highest BCUT2D eigenvalue weighted by atomic mass is 16.5. The Balaban J connectivity index is 3.90. The highest BCUT2D eigenvalue weighted by Gasteiger charge is 2.18. The summed E-state index contributed by atoms with van der Waals surface area (Å²) in [5, 5.41) is 3.33. The quantitative estimate of drug-likeness (QED) is 0.713. The van der Waals surface area contributed by atoms with E-state index in [1.807, 2.05) is 7.05 Å². The number of hydrogen-bond donors (Lipinski definition) is 1. The normalized spacial score (nSPS) is 16.7. The fourth-order valence-electron chi connectivity index (χ4n) is 1.53. The molecule has 0 bridgehead atoms. The summed E-state index contributed by atoms with van der Waals surface area (Å²) >= 11 is 0. The fourth-order valence-corrected chi connectivity index (χ4v) is 1.53. The average Bonchev–Trinajstić information content (AvgIpc) is 2.03. The van der Waals surface area contributed by atoms with Crippen molar-refractivity contribution in [2.45, 2.75) is 59.1 Å². The molecule has 0 saturated carbocycles. The molecule has 2 unspecified atom stereocenters. The highest BCUT2D eigenvalue weighted by Crippen LogP contribution is 2.14. The molecule has 0 fully saturated rings. The van der Waals surface area contributed by atoms with Crippen LogP contribution in [0.5, 0.6) is 0 Å². The minimum atomic E-state index is -0.0268. The van der Waals surface area contributed by atoms with Gasteiger partial charge >= 0.3 is 0 Å². The van der Waals surface area contributed by atoms with Crippen molar-refractivity contribution >= 4 is 0 Å². The van der Waals surface area contributed by atoms with E-state index in [4.69, 9.17) is 4.74 Å². The lowest BCUT2D eigenvalue weighted by Gasteiger charge is -2.28. The zero-order valence-electron chi connectivity index (χ0n) is 10.7. The van der Waals surface area contributed by atoms with Crippen LogP contribution < -0.4 is 5.32 Å². The van der Waals surface area contributed by atoms with Crippen molar-refractivity contribution in [2.24, 2.45) is 5.92 Å². The molecule has 2 nitrogen and oxygen atoms in total. The molecule has 14 heavy (non-hydrogen) atoms. The van der Waals surface area contributed by atoms with Gasteiger partial charge in [-0.1, -0.05) is 20.3 Å². The molecule has 2 atom stereocenters. The van der Waals surface area contributed by atoms with E-state index in [0.717, 1.165) is 6.61 Å². The van der Waals surface area contributed by atoms with Gasteiger partial charge < -0.3 is 10.1 Å². The third kappa shape index (κ3) is 6.39. The summed E-state index contributed by atoms with van der Waals surface area (Å²) in [6, 6.07) is 0.481. The molecule has 0 saturated heterocycles. The van der Waals surface area contributed by atoms with E-state index in [-0.39, 0.29) is 5.60 Å². The van der Waals surface area contributed by atoms with E-state index in [9.17, 15) is 0 Å². The third-order valence-electron chi connectivity index (χ3n) is 2.50. The first-order valence-corrected chi connectivity index (χ1v) is 5.72. The minimum absolute atomic E-state index is 0.0268. The molecule has 2 heteroatoms. The van der Waals surface area contributed by atoms with Crippen LogP contribution >= 0.6 is 0 Å². The maximum Gasteiger partial charge on any atom is 0.0629 e. The molecule has 86 valence electrons. The van der Waals surface area contributed by atoms with Gasteiger partial charge in [0.1, 0.15) is 0 Å². The van der Waals surface area contributed by atoms with Crippen molar-refractivity contribution in [3.63, 3.8) is 0 Å². The highest BCUT2D eigenvalue weighted by molar-refractivity contribution is 4.72. The Labute approximate surface area is 89.4 Å². The van der Waals surface area contributed by atoms with Crippen molar-refractivity contribution < 1.29 is 4.74 Å². The van der Waals surface area contributed by atoms with Crippen LogP contribution in [0.2, 0.25) is 0 Å².